The van der Waals surface area contributed by atoms with Crippen LogP contribution in [0.25, 0.3) is 0 Å². The summed E-state index contributed by atoms with van der Waals surface area (Å²) in [5, 5.41) is 6.80. The Morgan fingerprint density at radius 3 is 2.67 bits per heavy atom. The van der Waals surface area contributed by atoms with Crippen molar-refractivity contribution in [3.63, 3.8) is 0 Å². The van der Waals surface area contributed by atoms with Crippen LogP contribution in [0.3, 0.4) is 0 Å². The van der Waals surface area contributed by atoms with Gasteiger partial charge in [-0.1, -0.05) is 12.1 Å². The first-order valence-corrected chi connectivity index (χ1v) is 9.89. The van der Waals surface area contributed by atoms with Crippen LogP contribution in [0.4, 0.5) is 4.39 Å². The lowest BCUT2D eigenvalue weighted by molar-refractivity contribution is 0.0170. The van der Waals surface area contributed by atoms with Gasteiger partial charge >= 0.3 is 0 Å². The minimum Gasteiger partial charge on any atom is -0.379 e. The second-order valence-corrected chi connectivity index (χ2v) is 7.02. The molecule has 7 heteroatoms. The minimum atomic E-state index is -0.209. The Morgan fingerprint density at radius 1 is 1.22 bits per heavy atom. The van der Waals surface area contributed by atoms with Crippen molar-refractivity contribution < 1.29 is 13.9 Å². The summed E-state index contributed by atoms with van der Waals surface area (Å²) in [6.07, 6.45) is 3.68. The molecule has 2 fully saturated rings. The molecule has 6 nitrogen and oxygen atoms in total. The van der Waals surface area contributed by atoms with Crippen LogP contribution in [0.1, 0.15) is 30.9 Å². The summed E-state index contributed by atoms with van der Waals surface area (Å²) < 4.78 is 24.5. The van der Waals surface area contributed by atoms with E-state index in [2.05, 4.69) is 20.5 Å². The highest BCUT2D eigenvalue weighted by molar-refractivity contribution is 5.79. The maximum Gasteiger partial charge on any atom is 0.191 e. The smallest absolute Gasteiger partial charge is 0.191 e. The van der Waals surface area contributed by atoms with Gasteiger partial charge in [-0.25, -0.2) is 4.39 Å². The van der Waals surface area contributed by atoms with E-state index in [1.54, 1.807) is 7.05 Å². The zero-order chi connectivity index (χ0) is 18.9. The Labute approximate surface area is 161 Å². The van der Waals surface area contributed by atoms with E-state index >= 15 is 0 Å². The van der Waals surface area contributed by atoms with Crippen molar-refractivity contribution in [2.45, 2.75) is 31.4 Å². The van der Waals surface area contributed by atoms with Crippen LogP contribution in [0.5, 0.6) is 0 Å². The van der Waals surface area contributed by atoms with Gasteiger partial charge in [-0.05, 0) is 37.0 Å². The molecule has 3 rings (SSSR count). The first-order chi connectivity index (χ1) is 13.3. The summed E-state index contributed by atoms with van der Waals surface area (Å²) in [7, 11) is 1.78. The molecule has 2 N–H and O–H groups in total. The SMILES string of the molecule is CN=C(NCCC1CCCO1)NCC(c1ccc(F)cc1)N1CCOCC1. The summed E-state index contributed by atoms with van der Waals surface area (Å²) in [4.78, 5) is 6.71. The molecule has 1 aromatic rings. The van der Waals surface area contributed by atoms with E-state index in [0.717, 1.165) is 70.2 Å². The molecule has 2 aliphatic heterocycles. The minimum absolute atomic E-state index is 0.145. The van der Waals surface area contributed by atoms with Crippen molar-refractivity contribution >= 4 is 5.96 Å². The van der Waals surface area contributed by atoms with Gasteiger partial charge in [-0.3, -0.25) is 9.89 Å². The van der Waals surface area contributed by atoms with E-state index in [0.29, 0.717) is 12.6 Å². The molecule has 2 atom stereocenters. The molecular formula is C20H31FN4O2. The van der Waals surface area contributed by atoms with E-state index in [-0.39, 0.29) is 11.9 Å². The number of nitrogens with one attached hydrogen (secondary N) is 2. The van der Waals surface area contributed by atoms with Crippen LogP contribution in [-0.4, -0.2) is 70.0 Å². The zero-order valence-corrected chi connectivity index (χ0v) is 16.1. The lowest BCUT2D eigenvalue weighted by atomic mass is 10.0. The fraction of sp³-hybridized carbons (Fsp3) is 0.650. The van der Waals surface area contributed by atoms with E-state index in [9.17, 15) is 4.39 Å². The molecule has 0 aromatic heterocycles. The van der Waals surface area contributed by atoms with Crippen LogP contribution < -0.4 is 10.6 Å². The van der Waals surface area contributed by atoms with Gasteiger partial charge < -0.3 is 20.1 Å². The van der Waals surface area contributed by atoms with Gasteiger partial charge in [0, 0.05) is 39.8 Å². The molecule has 1 aromatic carbocycles. The number of aliphatic imine (C=N–C) groups is 1. The highest BCUT2D eigenvalue weighted by atomic mass is 19.1. The molecule has 0 bridgehead atoms. The molecule has 0 amide bonds. The lowest BCUT2D eigenvalue weighted by Crippen LogP contribution is -2.46. The van der Waals surface area contributed by atoms with Crippen LogP contribution in [-0.2, 0) is 9.47 Å². The quantitative estimate of drug-likeness (QED) is 0.561. The Morgan fingerprint density at radius 2 is 2.00 bits per heavy atom. The first-order valence-electron chi connectivity index (χ1n) is 9.89. The third-order valence-corrected chi connectivity index (χ3v) is 5.21. The second kappa shape index (κ2) is 10.6. The summed E-state index contributed by atoms with van der Waals surface area (Å²) in [6, 6.07) is 6.93. The average Bonchev–Trinajstić information content (AvgIpc) is 3.22. The zero-order valence-electron chi connectivity index (χ0n) is 16.1. The molecule has 0 radical (unpaired) electrons. The third-order valence-electron chi connectivity index (χ3n) is 5.21. The van der Waals surface area contributed by atoms with Gasteiger partial charge in [0.05, 0.1) is 25.4 Å². The molecule has 0 aliphatic carbocycles. The Kier molecular flexibility index (Phi) is 7.86. The maximum atomic E-state index is 13.3. The van der Waals surface area contributed by atoms with E-state index in [1.165, 1.54) is 12.1 Å². The normalized spacial score (nSPS) is 22.6. The van der Waals surface area contributed by atoms with Crippen molar-refractivity contribution in [1.82, 2.24) is 15.5 Å². The van der Waals surface area contributed by atoms with Crippen LogP contribution >= 0.6 is 0 Å². The number of benzene rings is 1. The number of ether oxygens (including phenoxy) is 2. The summed E-state index contributed by atoms with van der Waals surface area (Å²) in [6.45, 7) is 5.62. The Hall–Kier alpha value is -1.70. The van der Waals surface area contributed by atoms with Crippen LogP contribution in [0.15, 0.2) is 29.3 Å². The molecule has 0 saturated carbocycles. The van der Waals surface area contributed by atoms with Crippen molar-refractivity contribution in [2.24, 2.45) is 4.99 Å². The lowest BCUT2D eigenvalue weighted by Gasteiger charge is -2.35. The molecular weight excluding hydrogens is 347 g/mol. The highest BCUT2D eigenvalue weighted by Crippen LogP contribution is 2.21. The van der Waals surface area contributed by atoms with Gasteiger partial charge in [-0.2, -0.15) is 0 Å². The molecule has 150 valence electrons. The predicted molar refractivity (Wildman–Crippen MR) is 104 cm³/mol. The summed E-state index contributed by atoms with van der Waals surface area (Å²) in [5.41, 5.74) is 1.10. The largest absolute Gasteiger partial charge is 0.379 e. The summed E-state index contributed by atoms with van der Waals surface area (Å²) >= 11 is 0. The number of nitrogens with zero attached hydrogens (tertiary/aromatic N) is 2. The van der Waals surface area contributed by atoms with E-state index in [1.807, 2.05) is 12.1 Å². The number of hydrogen-bond acceptors (Lipinski definition) is 4. The fourth-order valence-electron chi connectivity index (χ4n) is 3.67. The fourth-order valence-corrected chi connectivity index (χ4v) is 3.67. The van der Waals surface area contributed by atoms with Crippen LogP contribution in [0.2, 0.25) is 0 Å². The molecule has 2 aliphatic rings. The van der Waals surface area contributed by atoms with Crippen LogP contribution in [0, 0.1) is 5.82 Å². The molecule has 0 spiro atoms. The van der Waals surface area contributed by atoms with E-state index < -0.39 is 0 Å². The topological polar surface area (TPSA) is 58.1 Å². The molecule has 27 heavy (non-hydrogen) atoms. The van der Waals surface area contributed by atoms with E-state index in [4.69, 9.17) is 9.47 Å². The standard InChI is InChI=1S/C20H31FN4O2/c1-22-20(23-9-8-18-3-2-12-27-18)24-15-19(25-10-13-26-14-11-25)16-4-6-17(21)7-5-16/h4-7,18-19H,2-3,8-15H2,1H3,(H2,22,23,24). The second-order valence-electron chi connectivity index (χ2n) is 7.02. The van der Waals surface area contributed by atoms with Gasteiger partial charge in [0.2, 0.25) is 0 Å². The van der Waals surface area contributed by atoms with Gasteiger partial charge in [0.15, 0.2) is 5.96 Å². The predicted octanol–water partition coefficient (Wildman–Crippen LogP) is 1.93. The Bertz CT molecular complexity index is 584. The molecule has 2 saturated heterocycles. The third kappa shape index (κ3) is 6.16. The first kappa shape index (κ1) is 20.0. The van der Waals surface area contributed by atoms with Crippen molar-refractivity contribution in [3.05, 3.63) is 35.6 Å². The van der Waals surface area contributed by atoms with Crippen molar-refractivity contribution in [3.8, 4) is 0 Å². The molecule has 2 heterocycles. The maximum absolute atomic E-state index is 13.3. The van der Waals surface area contributed by atoms with Crippen molar-refractivity contribution in [2.75, 3.05) is 53.0 Å². The van der Waals surface area contributed by atoms with Crippen molar-refractivity contribution in [1.29, 1.82) is 0 Å². The number of halogens is 1. The molecule has 2 unspecified atom stereocenters. The number of rotatable bonds is 7. The Balaban J connectivity index is 1.54. The number of morpholine rings is 1. The average molecular weight is 378 g/mol. The number of guanidine groups is 1. The number of hydrogen-bond donors (Lipinski definition) is 2. The summed E-state index contributed by atoms with van der Waals surface area (Å²) in [5.74, 6) is 0.576. The van der Waals surface area contributed by atoms with Gasteiger partial charge in [0.25, 0.3) is 0 Å². The van der Waals surface area contributed by atoms with Gasteiger partial charge in [0.1, 0.15) is 5.82 Å². The monoisotopic (exact) mass is 378 g/mol. The highest BCUT2D eigenvalue weighted by Gasteiger charge is 2.23. The van der Waals surface area contributed by atoms with Gasteiger partial charge in [-0.15, -0.1) is 0 Å².